The summed E-state index contributed by atoms with van der Waals surface area (Å²) in [6.07, 6.45) is 1.65. The number of carbonyl (C=O) groups is 1. The summed E-state index contributed by atoms with van der Waals surface area (Å²) >= 11 is 18.5. The fourth-order valence-electron chi connectivity index (χ4n) is 4.06. The number of fused-ring (bicyclic) bond motifs is 3. The molecule has 2 bridgehead atoms. The molecule has 2 aromatic rings. The summed E-state index contributed by atoms with van der Waals surface area (Å²) in [7, 11) is 0. The van der Waals surface area contributed by atoms with Crippen LogP contribution in [-0.2, 0) is 4.74 Å². The van der Waals surface area contributed by atoms with Gasteiger partial charge in [0.1, 0.15) is 11.4 Å². The van der Waals surface area contributed by atoms with Crippen LogP contribution in [0.1, 0.15) is 33.6 Å². The Kier molecular flexibility index (Phi) is 5.85. The van der Waals surface area contributed by atoms with Gasteiger partial charge in [0.15, 0.2) is 0 Å². The van der Waals surface area contributed by atoms with Gasteiger partial charge >= 0.3 is 6.09 Å². The molecule has 2 fully saturated rings. The molecule has 1 aromatic carbocycles. The first kappa shape index (κ1) is 21.6. The van der Waals surface area contributed by atoms with Crippen molar-refractivity contribution in [3.05, 3.63) is 24.4 Å². The third-order valence-corrected chi connectivity index (χ3v) is 8.35. The summed E-state index contributed by atoms with van der Waals surface area (Å²) < 4.78 is 7.40. The van der Waals surface area contributed by atoms with Gasteiger partial charge in [0.25, 0.3) is 0 Å². The number of hydrogen-bond donors (Lipinski definition) is 0. The molecule has 0 N–H and O–H groups in total. The van der Waals surface area contributed by atoms with Crippen LogP contribution in [0, 0.1) is 3.57 Å². The van der Waals surface area contributed by atoms with Gasteiger partial charge in [0.2, 0.25) is 5.28 Å². The van der Waals surface area contributed by atoms with E-state index in [2.05, 4.69) is 53.4 Å². The average Bonchev–Trinajstić information content (AvgIpc) is 2.89. The average molecular weight is 614 g/mol. The minimum Gasteiger partial charge on any atom is -0.444 e. The molecule has 10 heteroatoms. The monoisotopic (exact) mass is 612 g/mol. The quantitative estimate of drug-likeness (QED) is 0.228. The maximum Gasteiger partial charge on any atom is 0.410 e. The molecule has 2 saturated heterocycles. The van der Waals surface area contributed by atoms with Gasteiger partial charge in [0, 0.05) is 22.0 Å². The van der Waals surface area contributed by atoms with E-state index < -0.39 is 5.60 Å². The maximum absolute atomic E-state index is 12.7. The van der Waals surface area contributed by atoms with Crippen LogP contribution in [0.4, 0.5) is 10.6 Å². The molecule has 4 rings (SSSR count). The van der Waals surface area contributed by atoms with Crippen molar-refractivity contribution in [2.75, 3.05) is 18.0 Å². The second-order valence-corrected chi connectivity index (χ2v) is 11.0. The molecule has 0 saturated carbocycles. The van der Waals surface area contributed by atoms with Gasteiger partial charge in [-0.25, -0.2) is 9.78 Å². The van der Waals surface area contributed by atoms with E-state index in [1.807, 2.05) is 31.7 Å². The van der Waals surface area contributed by atoms with Gasteiger partial charge in [-0.2, -0.15) is 4.98 Å². The van der Waals surface area contributed by atoms with Crippen molar-refractivity contribution in [1.29, 1.82) is 0 Å². The Morgan fingerprint density at radius 3 is 2.45 bits per heavy atom. The number of hydrogen-bond acceptors (Lipinski definition) is 5. The summed E-state index contributed by atoms with van der Waals surface area (Å²) in [5.41, 5.74) is 0.112. The Bertz CT molecular complexity index is 987. The van der Waals surface area contributed by atoms with E-state index in [4.69, 9.17) is 27.9 Å². The first-order chi connectivity index (χ1) is 13.5. The molecule has 2 atom stereocenters. The number of amides is 1. The number of piperazine rings is 1. The predicted octanol–water partition coefficient (Wildman–Crippen LogP) is 5.89. The van der Waals surface area contributed by atoms with E-state index in [1.54, 1.807) is 0 Å². The molecule has 3 heterocycles. The molecular weight excluding hydrogens is 594 g/mol. The van der Waals surface area contributed by atoms with Crippen molar-refractivity contribution in [1.82, 2.24) is 14.9 Å². The van der Waals surface area contributed by atoms with Gasteiger partial charge in [-0.1, -0.05) is 11.6 Å². The van der Waals surface area contributed by atoms with E-state index in [1.165, 1.54) is 0 Å². The van der Waals surface area contributed by atoms with Gasteiger partial charge in [-0.3, -0.25) is 4.90 Å². The highest BCUT2D eigenvalue weighted by Gasteiger charge is 2.45. The van der Waals surface area contributed by atoms with Crippen LogP contribution in [0.15, 0.2) is 10.5 Å². The Morgan fingerprint density at radius 1 is 1.24 bits per heavy atom. The molecule has 0 aliphatic carbocycles. The molecule has 156 valence electrons. The van der Waals surface area contributed by atoms with Crippen LogP contribution in [0.2, 0.25) is 10.3 Å². The topological polar surface area (TPSA) is 58.6 Å². The highest BCUT2D eigenvalue weighted by atomic mass is 127. The number of anilines is 1. The third kappa shape index (κ3) is 4.14. The van der Waals surface area contributed by atoms with Crippen LogP contribution in [0.25, 0.3) is 10.9 Å². The first-order valence-electron chi connectivity index (χ1n) is 9.32. The number of nitrogens with zero attached hydrogens (tertiary/aromatic N) is 4. The van der Waals surface area contributed by atoms with Crippen molar-refractivity contribution < 1.29 is 9.53 Å². The van der Waals surface area contributed by atoms with Crippen molar-refractivity contribution in [2.24, 2.45) is 0 Å². The van der Waals surface area contributed by atoms with Crippen molar-refractivity contribution in [3.8, 4) is 0 Å². The summed E-state index contributed by atoms with van der Waals surface area (Å²) in [4.78, 5) is 25.7. The smallest absolute Gasteiger partial charge is 0.410 e. The van der Waals surface area contributed by atoms with Crippen molar-refractivity contribution in [3.63, 3.8) is 0 Å². The van der Waals surface area contributed by atoms with Crippen molar-refractivity contribution >= 4 is 84.5 Å². The molecule has 0 spiro atoms. The van der Waals surface area contributed by atoms with E-state index in [0.29, 0.717) is 23.6 Å². The zero-order valence-corrected chi connectivity index (χ0v) is 21.4. The molecule has 2 unspecified atom stereocenters. The number of halogens is 4. The molecule has 6 nitrogen and oxygen atoms in total. The summed E-state index contributed by atoms with van der Waals surface area (Å²) in [6.45, 7) is 7.01. The molecule has 0 radical (unpaired) electrons. The predicted molar refractivity (Wildman–Crippen MR) is 127 cm³/mol. The van der Waals surface area contributed by atoms with Crippen LogP contribution < -0.4 is 4.90 Å². The first-order valence-corrected chi connectivity index (χ1v) is 11.9. The minimum absolute atomic E-state index is 0.0809. The Labute approximate surface area is 201 Å². The molecule has 1 aromatic heterocycles. The number of aromatic nitrogens is 2. The zero-order chi connectivity index (χ0) is 21.1. The zero-order valence-electron chi connectivity index (χ0n) is 16.2. The Balaban J connectivity index is 1.68. The highest BCUT2D eigenvalue weighted by molar-refractivity contribution is 14.1. The fourth-order valence-corrected chi connectivity index (χ4v) is 5.51. The second-order valence-electron chi connectivity index (χ2n) is 8.38. The minimum atomic E-state index is -0.509. The van der Waals surface area contributed by atoms with E-state index >= 15 is 0 Å². The van der Waals surface area contributed by atoms with Crippen LogP contribution in [0.3, 0.4) is 0 Å². The van der Waals surface area contributed by atoms with Gasteiger partial charge < -0.3 is 9.64 Å². The molecule has 2 aliphatic heterocycles. The van der Waals surface area contributed by atoms with Gasteiger partial charge in [-0.15, -0.1) is 0 Å². The molecular formula is C19H20BrCl2IN4O2. The lowest BCUT2D eigenvalue weighted by molar-refractivity contribution is 0.0123. The summed E-state index contributed by atoms with van der Waals surface area (Å²) in [5.74, 6) is 0.757. The lowest BCUT2D eigenvalue weighted by Gasteiger charge is -2.42. The van der Waals surface area contributed by atoms with Gasteiger partial charge in [-0.05, 0) is 89.8 Å². The van der Waals surface area contributed by atoms with Crippen LogP contribution in [-0.4, -0.2) is 51.7 Å². The SMILES string of the molecule is CC(C)(C)OC(=O)N1C2CCC1CN(c1nc(Cl)nc3c(Cl)c(Br)c(I)cc13)C2. The third-order valence-electron chi connectivity index (χ3n) is 5.17. The summed E-state index contributed by atoms with van der Waals surface area (Å²) in [5, 5.41) is 1.54. The van der Waals surface area contributed by atoms with Gasteiger partial charge in [0.05, 0.1) is 27.1 Å². The largest absolute Gasteiger partial charge is 0.444 e. The van der Waals surface area contributed by atoms with Crippen molar-refractivity contribution in [2.45, 2.75) is 51.3 Å². The molecule has 1 amide bonds. The maximum atomic E-state index is 12.7. The van der Waals surface area contributed by atoms with E-state index in [9.17, 15) is 4.79 Å². The fraction of sp³-hybridized carbons (Fsp3) is 0.526. The second kappa shape index (κ2) is 7.84. The normalized spacial score (nSPS) is 21.8. The van der Waals surface area contributed by atoms with E-state index in [-0.39, 0.29) is 23.5 Å². The Morgan fingerprint density at radius 2 is 1.86 bits per heavy atom. The lowest BCUT2D eigenvalue weighted by atomic mass is 10.1. The Hall–Kier alpha value is -0.580. The highest BCUT2D eigenvalue weighted by Crippen LogP contribution is 2.40. The number of rotatable bonds is 1. The standard InChI is InChI=1S/C19H20BrCl2IN4O2/c1-19(2,3)29-18(28)27-9-4-5-10(27)8-26(7-9)16-11-6-12(23)13(20)14(21)15(11)24-17(22)25-16/h6,9-10H,4-5,7-8H2,1-3H3. The number of benzene rings is 1. The molecule has 2 aliphatic rings. The lowest BCUT2D eigenvalue weighted by Crippen LogP contribution is -2.57. The summed E-state index contributed by atoms with van der Waals surface area (Å²) in [6, 6.07) is 2.18. The number of ether oxygens (including phenoxy) is 1. The van der Waals surface area contributed by atoms with Crippen LogP contribution >= 0.6 is 61.7 Å². The number of carbonyl (C=O) groups excluding carboxylic acids is 1. The molecule has 29 heavy (non-hydrogen) atoms. The van der Waals surface area contributed by atoms with Crippen LogP contribution in [0.5, 0.6) is 0 Å². The van der Waals surface area contributed by atoms with E-state index in [0.717, 1.165) is 32.1 Å².